The summed E-state index contributed by atoms with van der Waals surface area (Å²) in [6.45, 7) is 1.90. The largest absolute Gasteiger partial charge is 0.460 e. The van der Waals surface area contributed by atoms with Gasteiger partial charge in [-0.2, -0.15) is 0 Å². The Hall–Kier alpha value is -1.73. The SMILES string of the molecule is CCOC(=O)c1nc(S(=O)O)c2ccccn12. The van der Waals surface area contributed by atoms with Gasteiger partial charge in [-0.3, -0.25) is 4.40 Å². The predicted molar refractivity (Wildman–Crippen MR) is 60.2 cm³/mol. The Morgan fingerprint density at radius 1 is 1.59 bits per heavy atom. The van der Waals surface area contributed by atoms with E-state index in [9.17, 15) is 9.00 Å². The van der Waals surface area contributed by atoms with Crippen molar-refractivity contribution in [3.8, 4) is 0 Å². The molecule has 0 aromatic carbocycles. The van der Waals surface area contributed by atoms with Crippen molar-refractivity contribution in [1.82, 2.24) is 9.38 Å². The molecule has 1 atom stereocenters. The lowest BCUT2D eigenvalue weighted by Crippen LogP contribution is -2.09. The Morgan fingerprint density at radius 3 is 3.00 bits per heavy atom. The number of hydrogen-bond acceptors (Lipinski definition) is 4. The van der Waals surface area contributed by atoms with Crippen LogP contribution in [0.15, 0.2) is 29.4 Å². The molecule has 6 nitrogen and oxygen atoms in total. The third-order valence-electron chi connectivity index (χ3n) is 2.14. The van der Waals surface area contributed by atoms with Crippen LogP contribution in [0.1, 0.15) is 17.5 Å². The topological polar surface area (TPSA) is 80.9 Å². The van der Waals surface area contributed by atoms with E-state index in [0.29, 0.717) is 5.52 Å². The van der Waals surface area contributed by atoms with Crippen molar-refractivity contribution in [2.24, 2.45) is 0 Å². The summed E-state index contributed by atoms with van der Waals surface area (Å²) >= 11 is -2.24. The first kappa shape index (κ1) is 11.7. The molecule has 0 radical (unpaired) electrons. The summed E-state index contributed by atoms with van der Waals surface area (Å²) in [7, 11) is 0. The highest BCUT2D eigenvalue weighted by Crippen LogP contribution is 2.16. The van der Waals surface area contributed by atoms with Crippen LogP contribution in [0.4, 0.5) is 0 Å². The second kappa shape index (κ2) is 4.64. The molecule has 0 aliphatic rings. The Bertz CT molecular complexity index is 593. The van der Waals surface area contributed by atoms with Gasteiger partial charge >= 0.3 is 5.97 Å². The molecule has 0 fully saturated rings. The Labute approximate surface area is 99.5 Å². The summed E-state index contributed by atoms with van der Waals surface area (Å²) in [5, 5.41) is -0.0475. The molecule has 2 rings (SSSR count). The van der Waals surface area contributed by atoms with Crippen LogP contribution in [0.5, 0.6) is 0 Å². The van der Waals surface area contributed by atoms with Crippen LogP contribution in [0, 0.1) is 0 Å². The average Bonchev–Trinajstić information content (AvgIpc) is 2.69. The Morgan fingerprint density at radius 2 is 2.35 bits per heavy atom. The minimum Gasteiger partial charge on any atom is -0.460 e. The first-order valence-electron chi connectivity index (χ1n) is 4.90. The van der Waals surface area contributed by atoms with E-state index in [1.807, 2.05) is 0 Å². The number of carbonyl (C=O) groups is 1. The van der Waals surface area contributed by atoms with Crippen LogP contribution < -0.4 is 0 Å². The van der Waals surface area contributed by atoms with Crippen molar-refractivity contribution in [3.63, 3.8) is 0 Å². The lowest BCUT2D eigenvalue weighted by atomic mass is 10.4. The van der Waals surface area contributed by atoms with Crippen LogP contribution >= 0.6 is 0 Å². The minimum atomic E-state index is -2.24. The van der Waals surface area contributed by atoms with E-state index in [4.69, 9.17) is 9.29 Å². The normalized spacial score (nSPS) is 12.6. The third kappa shape index (κ3) is 2.06. The molecule has 0 aliphatic heterocycles. The van der Waals surface area contributed by atoms with E-state index in [-0.39, 0.29) is 17.5 Å². The molecule has 0 amide bonds. The van der Waals surface area contributed by atoms with E-state index in [0.717, 1.165) is 0 Å². The zero-order chi connectivity index (χ0) is 12.4. The second-order valence-electron chi connectivity index (χ2n) is 3.17. The second-order valence-corrected chi connectivity index (χ2v) is 4.05. The van der Waals surface area contributed by atoms with Gasteiger partial charge < -0.3 is 9.29 Å². The fraction of sp³-hybridized carbons (Fsp3) is 0.200. The molecular formula is C10H10N2O4S. The number of hydrogen-bond donors (Lipinski definition) is 1. The van der Waals surface area contributed by atoms with Crippen molar-refractivity contribution in [3.05, 3.63) is 30.2 Å². The number of imidazole rings is 1. The molecule has 0 aliphatic carbocycles. The third-order valence-corrected chi connectivity index (χ3v) is 2.77. The molecule has 1 unspecified atom stereocenters. The van der Waals surface area contributed by atoms with Crippen molar-refractivity contribution in [2.45, 2.75) is 11.9 Å². The van der Waals surface area contributed by atoms with Gasteiger partial charge in [0.25, 0.3) is 0 Å². The average molecular weight is 254 g/mol. The summed E-state index contributed by atoms with van der Waals surface area (Å²) in [6.07, 6.45) is 1.59. The van der Waals surface area contributed by atoms with Gasteiger partial charge in [-0.1, -0.05) is 6.07 Å². The molecule has 2 aromatic rings. The van der Waals surface area contributed by atoms with Gasteiger partial charge in [-0.05, 0) is 19.1 Å². The Kier molecular flexibility index (Phi) is 3.21. The van der Waals surface area contributed by atoms with Gasteiger partial charge in [0, 0.05) is 6.20 Å². The molecular weight excluding hydrogens is 244 g/mol. The van der Waals surface area contributed by atoms with E-state index in [1.54, 1.807) is 31.3 Å². The number of rotatable bonds is 3. The van der Waals surface area contributed by atoms with Crippen molar-refractivity contribution in [1.29, 1.82) is 0 Å². The first-order valence-corrected chi connectivity index (χ1v) is 6.01. The number of ether oxygens (including phenoxy) is 1. The molecule has 0 spiro atoms. The molecule has 7 heteroatoms. The zero-order valence-corrected chi connectivity index (χ0v) is 9.81. The van der Waals surface area contributed by atoms with Crippen LogP contribution in [0.2, 0.25) is 0 Å². The monoisotopic (exact) mass is 254 g/mol. The molecule has 0 saturated heterocycles. The number of nitrogens with zero attached hydrogens (tertiary/aromatic N) is 2. The van der Waals surface area contributed by atoms with Crippen molar-refractivity contribution in [2.75, 3.05) is 6.61 Å². The molecule has 2 heterocycles. The number of aromatic nitrogens is 2. The van der Waals surface area contributed by atoms with E-state index >= 15 is 0 Å². The molecule has 1 N–H and O–H groups in total. The van der Waals surface area contributed by atoms with Gasteiger partial charge in [-0.15, -0.1) is 0 Å². The predicted octanol–water partition coefficient (Wildman–Crippen LogP) is 1.09. The quantitative estimate of drug-likeness (QED) is 0.655. The maximum Gasteiger partial charge on any atom is 0.374 e. The number of esters is 1. The summed E-state index contributed by atoms with van der Waals surface area (Å²) in [6, 6.07) is 5.00. The standard InChI is InChI=1S/C10H10N2O4S/c1-2-16-10(13)8-11-9(17(14)15)7-5-3-4-6-12(7)8/h3-6H,2H2,1H3,(H,14,15). The van der Waals surface area contributed by atoms with Crippen molar-refractivity contribution >= 4 is 22.6 Å². The maximum absolute atomic E-state index is 11.6. The highest BCUT2D eigenvalue weighted by atomic mass is 32.2. The lowest BCUT2D eigenvalue weighted by molar-refractivity contribution is 0.0511. The van der Waals surface area contributed by atoms with Crippen LogP contribution in [-0.2, 0) is 15.8 Å². The number of pyridine rings is 1. The van der Waals surface area contributed by atoms with Gasteiger partial charge in [0.2, 0.25) is 16.9 Å². The fourth-order valence-corrected chi connectivity index (χ4v) is 1.99. The van der Waals surface area contributed by atoms with Gasteiger partial charge in [0.1, 0.15) is 0 Å². The lowest BCUT2D eigenvalue weighted by Gasteiger charge is -1.99. The van der Waals surface area contributed by atoms with Crippen LogP contribution in [0.25, 0.3) is 5.52 Å². The van der Waals surface area contributed by atoms with Crippen LogP contribution in [0.3, 0.4) is 0 Å². The Balaban J connectivity index is 2.64. The molecule has 0 bridgehead atoms. The molecule has 0 saturated carbocycles. The maximum atomic E-state index is 11.6. The van der Waals surface area contributed by atoms with Gasteiger partial charge in [0.05, 0.1) is 12.1 Å². The summed E-state index contributed by atoms with van der Waals surface area (Å²) < 4.78 is 26.4. The highest BCUT2D eigenvalue weighted by Gasteiger charge is 2.20. The zero-order valence-electron chi connectivity index (χ0n) is 8.99. The highest BCUT2D eigenvalue weighted by molar-refractivity contribution is 7.79. The molecule has 90 valence electrons. The van der Waals surface area contributed by atoms with Crippen LogP contribution in [-0.4, -0.2) is 30.7 Å². The van der Waals surface area contributed by atoms with Gasteiger partial charge in [-0.25, -0.2) is 14.0 Å². The number of fused-ring (bicyclic) bond motifs is 1. The minimum absolute atomic E-state index is 0.000139. The summed E-state index contributed by atoms with van der Waals surface area (Å²) in [5.41, 5.74) is 0.413. The van der Waals surface area contributed by atoms with E-state index in [1.165, 1.54) is 4.40 Å². The first-order chi connectivity index (χ1) is 8.15. The molecule has 2 aromatic heterocycles. The number of carbonyl (C=O) groups excluding carboxylic acids is 1. The van der Waals surface area contributed by atoms with E-state index in [2.05, 4.69) is 4.98 Å². The summed E-state index contributed by atoms with van der Waals surface area (Å²) in [4.78, 5) is 15.5. The smallest absolute Gasteiger partial charge is 0.374 e. The van der Waals surface area contributed by atoms with Crippen molar-refractivity contribution < 1.29 is 18.3 Å². The fourth-order valence-electron chi connectivity index (χ4n) is 1.48. The summed E-state index contributed by atoms with van der Waals surface area (Å²) in [5.74, 6) is -0.620. The van der Waals surface area contributed by atoms with E-state index < -0.39 is 17.0 Å². The molecule has 17 heavy (non-hydrogen) atoms. The van der Waals surface area contributed by atoms with Gasteiger partial charge in [0.15, 0.2) is 5.03 Å².